The molecule has 0 fully saturated rings. The zero-order chi connectivity index (χ0) is 39.6. The Hall–Kier alpha value is 0.133. The van der Waals surface area contributed by atoms with Crippen molar-refractivity contribution in [3.05, 3.63) is 97.1 Å². The Kier molecular flexibility index (Phi) is 28.9. The molecule has 0 heterocycles. The van der Waals surface area contributed by atoms with Gasteiger partial charge >= 0.3 is 0 Å². The summed E-state index contributed by atoms with van der Waals surface area (Å²) >= 11 is 0. The first kappa shape index (κ1) is 56.2. The van der Waals surface area contributed by atoms with Gasteiger partial charge in [0.2, 0.25) is 0 Å². The molecule has 0 bridgehead atoms. The number of benzene rings is 2. The van der Waals surface area contributed by atoms with E-state index in [1.54, 1.807) is 21.2 Å². The van der Waals surface area contributed by atoms with Crippen LogP contribution in [0.2, 0.25) is 0 Å². The van der Waals surface area contributed by atoms with E-state index < -0.39 is 31.7 Å². The summed E-state index contributed by atoms with van der Waals surface area (Å²) in [5, 5.41) is 8.40. The van der Waals surface area contributed by atoms with Crippen molar-refractivity contribution in [2.45, 2.75) is 155 Å². The normalized spacial score (nSPS) is 19.3. The Morgan fingerprint density at radius 1 is 0.296 bits per heavy atom. The van der Waals surface area contributed by atoms with Crippen molar-refractivity contribution in [2.75, 3.05) is 26.7 Å². The SMILES string of the molecule is C1=C\CC/C=C\CC/1.C1=C\CC/C=C\CC/1.C[PH+](c1ccccc1[PH+](C)C(C)(C)C)C(C)(C)C.C[PH+](c1ccccc1[PH+](C)C(C)(C)C)C(C)(C)C.[Co].[Co]. The molecule has 310 valence electrons. The molecule has 0 amide bonds. The second kappa shape index (κ2) is 27.8. The third-order valence-corrected chi connectivity index (χ3v) is 25.1. The van der Waals surface area contributed by atoms with Crippen LogP contribution >= 0.6 is 31.7 Å². The fraction of sp³-hybridized carbons (Fsp3) is 0.583. The largest absolute Gasteiger partial charge is 0.133 e. The van der Waals surface area contributed by atoms with E-state index in [1.807, 2.05) is 0 Å². The van der Waals surface area contributed by atoms with Gasteiger partial charge < -0.3 is 0 Å². The van der Waals surface area contributed by atoms with Crippen molar-refractivity contribution in [3.63, 3.8) is 0 Å². The molecule has 0 aliphatic heterocycles. The fourth-order valence-electron chi connectivity index (χ4n) is 5.60. The van der Waals surface area contributed by atoms with E-state index >= 15 is 0 Å². The van der Waals surface area contributed by atoms with Crippen LogP contribution in [0.5, 0.6) is 0 Å². The number of rotatable bonds is 4. The second-order valence-electron chi connectivity index (χ2n) is 18.8. The molecule has 0 saturated heterocycles. The predicted molar refractivity (Wildman–Crippen MR) is 261 cm³/mol. The van der Waals surface area contributed by atoms with Crippen molar-refractivity contribution >= 4 is 52.9 Å². The fourth-order valence-corrected chi connectivity index (χ4v) is 14.4. The maximum Gasteiger partial charge on any atom is 0.133 e. The molecule has 54 heavy (non-hydrogen) atoms. The summed E-state index contributed by atoms with van der Waals surface area (Å²) in [4.78, 5) is 0. The maximum absolute atomic E-state index is 2.47. The summed E-state index contributed by atoms with van der Waals surface area (Å²) in [6, 6.07) is 18.4. The first-order valence-corrected chi connectivity index (χ1v) is 28.3. The maximum atomic E-state index is 2.47. The van der Waals surface area contributed by atoms with Gasteiger partial charge in [-0.3, -0.25) is 0 Å². The average molecular weight is 903 g/mol. The average Bonchev–Trinajstić information content (AvgIpc) is 3.02. The van der Waals surface area contributed by atoms with Crippen molar-refractivity contribution < 1.29 is 33.6 Å². The molecule has 0 spiro atoms. The molecule has 2 aromatic carbocycles. The van der Waals surface area contributed by atoms with Gasteiger partial charge in [-0.2, -0.15) is 0 Å². The molecular formula is C48H84Co2P4+4. The van der Waals surface area contributed by atoms with Gasteiger partial charge in [-0.15, -0.1) is 0 Å². The molecule has 6 heteroatoms. The van der Waals surface area contributed by atoms with Crippen molar-refractivity contribution in [1.82, 2.24) is 0 Å². The van der Waals surface area contributed by atoms with Crippen LogP contribution in [0.3, 0.4) is 0 Å². The van der Waals surface area contributed by atoms with Gasteiger partial charge in [0.25, 0.3) is 0 Å². The molecule has 2 aliphatic carbocycles. The predicted octanol–water partition coefficient (Wildman–Crippen LogP) is 13.8. The van der Waals surface area contributed by atoms with Crippen LogP contribution in [0.15, 0.2) is 97.1 Å². The molecule has 0 aromatic heterocycles. The van der Waals surface area contributed by atoms with Crippen molar-refractivity contribution in [1.29, 1.82) is 0 Å². The number of allylic oxidation sites excluding steroid dienone is 8. The molecule has 4 rings (SSSR count). The smallest absolute Gasteiger partial charge is 0.0882 e. The van der Waals surface area contributed by atoms with Gasteiger partial charge in [-0.1, -0.05) is 72.9 Å². The zero-order valence-electron chi connectivity index (χ0n) is 37.6. The van der Waals surface area contributed by atoms with Gasteiger partial charge in [0.05, 0.1) is 47.3 Å². The van der Waals surface area contributed by atoms with Crippen molar-refractivity contribution in [3.8, 4) is 0 Å². The Balaban J connectivity index is 0. The zero-order valence-corrected chi connectivity index (χ0v) is 43.6. The van der Waals surface area contributed by atoms with Crippen LogP contribution < -0.4 is 21.2 Å². The summed E-state index contributed by atoms with van der Waals surface area (Å²) in [7, 11) is -1.96. The topological polar surface area (TPSA) is 0 Å². The van der Waals surface area contributed by atoms with E-state index in [2.05, 4.69) is 207 Å². The van der Waals surface area contributed by atoms with E-state index in [0.717, 1.165) is 0 Å². The van der Waals surface area contributed by atoms with E-state index in [0.29, 0.717) is 20.6 Å². The number of hydrogen-bond donors (Lipinski definition) is 0. The Bertz CT molecular complexity index is 1160. The summed E-state index contributed by atoms with van der Waals surface area (Å²) in [5.41, 5.74) is 0. The minimum atomic E-state index is -0.491. The van der Waals surface area contributed by atoms with E-state index in [1.165, 1.54) is 51.4 Å². The van der Waals surface area contributed by atoms with Gasteiger partial charge in [-0.25, -0.2) is 0 Å². The summed E-state index contributed by atoms with van der Waals surface area (Å²) < 4.78 is 0. The van der Waals surface area contributed by atoms with E-state index in [4.69, 9.17) is 0 Å². The molecule has 0 nitrogen and oxygen atoms in total. The Labute approximate surface area is 363 Å². The van der Waals surface area contributed by atoms with Crippen LogP contribution in [0.1, 0.15) is 134 Å². The van der Waals surface area contributed by atoms with E-state index in [-0.39, 0.29) is 33.6 Å². The van der Waals surface area contributed by atoms with E-state index in [9.17, 15) is 0 Å². The van der Waals surface area contributed by atoms with Crippen LogP contribution in [-0.2, 0) is 33.6 Å². The molecule has 0 N–H and O–H groups in total. The summed E-state index contributed by atoms with van der Waals surface area (Å²) in [5.74, 6) is 0. The molecule has 0 saturated carbocycles. The summed E-state index contributed by atoms with van der Waals surface area (Å²) in [6.45, 7) is 38.5. The monoisotopic (exact) mass is 902 g/mol. The quantitative estimate of drug-likeness (QED) is 0.212. The number of hydrogen-bond acceptors (Lipinski definition) is 0. The molecule has 4 atom stereocenters. The third kappa shape index (κ3) is 22.3. The Morgan fingerprint density at radius 2 is 0.426 bits per heavy atom. The first-order valence-electron chi connectivity index (χ1n) is 20.3. The molecule has 2 radical (unpaired) electrons. The van der Waals surface area contributed by atoms with Crippen LogP contribution in [0, 0.1) is 0 Å². The Morgan fingerprint density at radius 3 is 0.537 bits per heavy atom. The van der Waals surface area contributed by atoms with Crippen molar-refractivity contribution in [2.24, 2.45) is 0 Å². The van der Waals surface area contributed by atoms with Gasteiger partial charge in [0.15, 0.2) is 0 Å². The van der Waals surface area contributed by atoms with Crippen LogP contribution in [-0.4, -0.2) is 47.3 Å². The molecule has 2 aliphatic rings. The van der Waals surface area contributed by atoms with Gasteiger partial charge in [-0.05, 0) is 159 Å². The van der Waals surface area contributed by atoms with Crippen LogP contribution in [0.25, 0.3) is 0 Å². The third-order valence-electron chi connectivity index (χ3n) is 10.6. The molecular weight excluding hydrogens is 818 g/mol. The van der Waals surface area contributed by atoms with Gasteiger partial charge in [0, 0.05) is 65.2 Å². The van der Waals surface area contributed by atoms with Gasteiger partial charge in [0.1, 0.15) is 21.2 Å². The molecule has 2 aromatic rings. The van der Waals surface area contributed by atoms with Crippen LogP contribution in [0.4, 0.5) is 0 Å². The first-order chi connectivity index (χ1) is 24.1. The minimum Gasteiger partial charge on any atom is -0.0882 e. The standard InChI is InChI=1S/2C16H28P2.2C8H12.2Co/c2*1-15(2,3)17(7)13-11-9-10-12-14(13)18(8)16(4,5)6;2*1-2-4-6-8-7-5-3-1;;/h2*9-12H,1-8H3;2*1-2,7-8H,3-6H2;;/p+4/b;;2*2-1-,8-7-;;. The second-order valence-corrected chi connectivity index (χ2v) is 31.9. The minimum absolute atomic E-state index is 0. The molecule has 4 unspecified atom stereocenters. The summed E-state index contributed by atoms with van der Waals surface area (Å²) in [6.07, 6.45) is 28.0.